The van der Waals surface area contributed by atoms with Gasteiger partial charge in [-0.25, -0.2) is 27.8 Å². The topological polar surface area (TPSA) is 175 Å². The summed E-state index contributed by atoms with van der Waals surface area (Å²) in [7, 11) is -3.72. The Kier molecular flexibility index (Phi) is 12.8. The number of anilines is 2. The number of hydrogen-bond donors (Lipinski definition) is 2. The van der Waals surface area contributed by atoms with Crippen molar-refractivity contribution in [1.82, 2.24) is 30.1 Å². The van der Waals surface area contributed by atoms with Gasteiger partial charge in [-0.15, -0.1) is 11.3 Å². The van der Waals surface area contributed by atoms with Crippen molar-refractivity contribution in [3.63, 3.8) is 0 Å². The van der Waals surface area contributed by atoms with Gasteiger partial charge >= 0.3 is 0 Å². The second kappa shape index (κ2) is 18.4. The molecule has 8 rings (SSSR count). The highest BCUT2D eigenvalue weighted by Gasteiger charge is 2.36. The summed E-state index contributed by atoms with van der Waals surface area (Å²) in [6.45, 7) is 5.55. The molecule has 4 saturated heterocycles. The number of carbonyl (C=O) groups is 4. The zero-order chi connectivity index (χ0) is 42.7. The van der Waals surface area contributed by atoms with Gasteiger partial charge in [-0.1, -0.05) is 25.1 Å². The lowest BCUT2D eigenvalue weighted by Gasteiger charge is -2.39. The van der Waals surface area contributed by atoms with Crippen LogP contribution in [0.3, 0.4) is 0 Å². The number of hydrogen-bond acceptors (Lipinski definition) is 11. The van der Waals surface area contributed by atoms with Crippen molar-refractivity contribution < 1.29 is 32.0 Å². The number of imide groups is 1. The largest absolute Gasteiger partial charge is 0.371 e. The Morgan fingerprint density at radius 1 is 0.869 bits per heavy atom. The molecular formula is C44H51FN8O6S2. The van der Waals surface area contributed by atoms with Crippen LogP contribution in [0.4, 0.5) is 15.8 Å². The normalized spacial score (nSPS) is 19.8. The molecule has 4 amide bonds. The van der Waals surface area contributed by atoms with E-state index >= 15 is 4.39 Å². The lowest BCUT2D eigenvalue weighted by molar-refractivity contribution is -0.143. The molecule has 322 valence electrons. The van der Waals surface area contributed by atoms with Crippen LogP contribution >= 0.6 is 11.3 Å². The first-order chi connectivity index (χ1) is 29.5. The van der Waals surface area contributed by atoms with E-state index in [0.717, 1.165) is 42.2 Å². The smallest absolute Gasteiger partial charge is 0.234 e. The first-order valence-electron chi connectivity index (χ1n) is 21.3. The molecule has 17 heteroatoms. The number of halogens is 1. The molecule has 6 heterocycles. The van der Waals surface area contributed by atoms with E-state index in [9.17, 15) is 27.6 Å². The van der Waals surface area contributed by atoms with Crippen LogP contribution in [0.2, 0.25) is 0 Å². The first kappa shape index (κ1) is 42.4. The lowest BCUT2D eigenvalue weighted by atomic mass is 9.89. The minimum atomic E-state index is -3.72. The molecule has 2 N–H and O–H groups in total. The van der Waals surface area contributed by atoms with E-state index in [-0.39, 0.29) is 64.3 Å². The van der Waals surface area contributed by atoms with Crippen LogP contribution in [-0.4, -0.2) is 102 Å². The van der Waals surface area contributed by atoms with Gasteiger partial charge in [0.05, 0.1) is 38.6 Å². The van der Waals surface area contributed by atoms with E-state index in [4.69, 9.17) is 4.98 Å². The Hall–Kier alpha value is -5.29. The number of aromatic nitrogens is 3. The second-order valence-electron chi connectivity index (χ2n) is 16.5. The van der Waals surface area contributed by atoms with Crippen molar-refractivity contribution >= 4 is 56.4 Å². The number of likely N-dealkylation sites (tertiary alicyclic amines) is 2. The number of amides is 4. The molecule has 0 unspecified atom stereocenters. The number of piperidine rings is 4. The van der Waals surface area contributed by atoms with Crippen LogP contribution in [0, 0.1) is 17.7 Å². The maximum absolute atomic E-state index is 16.0. The molecule has 14 nitrogen and oxygen atoms in total. The van der Waals surface area contributed by atoms with E-state index in [1.165, 1.54) is 23.7 Å². The van der Waals surface area contributed by atoms with E-state index in [0.29, 0.717) is 87.4 Å². The molecule has 2 aromatic carbocycles. The number of nitrogens with zero attached hydrogens (tertiary/aromatic N) is 6. The number of thiazole rings is 1. The van der Waals surface area contributed by atoms with Gasteiger partial charge in [0.2, 0.25) is 33.7 Å². The Morgan fingerprint density at radius 2 is 1.52 bits per heavy atom. The first-order valence-corrected chi connectivity index (χ1v) is 23.8. The maximum atomic E-state index is 16.0. The van der Waals surface area contributed by atoms with E-state index < -0.39 is 15.8 Å². The van der Waals surface area contributed by atoms with Crippen molar-refractivity contribution in [2.75, 3.05) is 54.6 Å². The fraction of sp³-hybridized carbons (Fsp3) is 0.477. The predicted molar refractivity (Wildman–Crippen MR) is 231 cm³/mol. The molecule has 0 spiro atoms. The summed E-state index contributed by atoms with van der Waals surface area (Å²) in [5.74, 6) is -1.44. The van der Waals surface area contributed by atoms with Gasteiger partial charge in [0.1, 0.15) is 6.33 Å². The van der Waals surface area contributed by atoms with E-state index in [1.54, 1.807) is 31.3 Å². The molecular weight excluding hydrogens is 820 g/mol. The molecule has 0 saturated carbocycles. The number of nitrogens with one attached hydrogen (secondary N) is 2. The molecule has 61 heavy (non-hydrogen) atoms. The molecule has 0 radical (unpaired) electrons. The third kappa shape index (κ3) is 9.47. The van der Waals surface area contributed by atoms with Crippen molar-refractivity contribution in [3.8, 4) is 21.8 Å². The van der Waals surface area contributed by atoms with E-state index in [2.05, 4.69) is 24.9 Å². The van der Waals surface area contributed by atoms with Crippen LogP contribution in [0.1, 0.15) is 87.1 Å². The van der Waals surface area contributed by atoms with Gasteiger partial charge in [-0.2, -0.15) is 0 Å². The maximum Gasteiger partial charge on any atom is 0.234 e. The second-order valence-corrected chi connectivity index (χ2v) is 19.3. The number of benzene rings is 2. The molecule has 4 fully saturated rings. The van der Waals surface area contributed by atoms with Gasteiger partial charge in [-0.05, 0) is 87.3 Å². The minimum Gasteiger partial charge on any atom is -0.371 e. The molecule has 1 atom stereocenters. The molecule has 4 aliphatic rings. The Bertz CT molecular complexity index is 2360. The zero-order valence-corrected chi connectivity index (χ0v) is 35.9. The monoisotopic (exact) mass is 870 g/mol. The fourth-order valence-corrected chi connectivity index (χ4v) is 11.5. The Labute approximate surface area is 359 Å². The summed E-state index contributed by atoms with van der Waals surface area (Å²) in [5.41, 5.74) is 2.97. The molecule has 0 bridgehead atoms. The van der Waals surface area contributed by atoms with Gasteiger partial charge in [-0.3, -0.25) is 29.2 Å². The SMILES string of the molecule is CCCS(=O)(=O)Nc1cccc(-c2nc(C3CCN(C(=O)C4CCN(C(=O)C5CCN(c6ccc([C@H]7CCC(=O)NC7=O)cc6)CC5)CC4)CC3)sc2-c2ccncn2)c1F. The summed E-state index contributed by atoms with van der Waals surface area (Å²) in [5, 5.41) is 3.24. The van der Waals surface area contributed by atoms with Crippen LogP contribution in [0.5, 0.6) is 0 Å². The molecule has 4 aliphatic heterocycles. The highest BCUT2D eigenvalue weighted by atomic mass is 32.2. The third-order valence-electron chi connectivity index (χ3n) is 12.5. The minimum absolute atomic E-state index is 0.0424. The van der Waals surface area contributed by atoms with Crippen LogP contribution in [-0.2, 0) is 29.2 Å². The molecule has 0 aliphatic carbocycles. The Balaban J connectivity index is 0.835. The fourth-order valence-electron chi connectivity index (χ4n) is 9.10. The Morgan fingerprint density at radius 3 is 2.15 bits per heavy atom. The summed E-state index contributed by atoms with van der Waals surface area (Å²) in [4.78, 5) is 71.5. The van der Waals surface area contributed by atoms with Gasteiger partial charge in [0.15, 0.2) is 5.82 Å². The number of carbonyl (C=O) groups excluding carboxylic acids is 4. The van der Waals surface area contributed by atoms with Crippen LogP contribution in [0.15, 0.2) is 61.1 Å². The summed E-state index contributed by atoms with van der Waals surface area (Å²) in [6, 6.07) is 14.3. The average Bonchev–Trinajstić information content (AvgIpc) is 3.72. The van der Waals surface area contributed by atoms with Gasteiger partial charge in [0, 0.05) is 80.9 Å². The summed E-state index contributed by atoms with van der Waals surface area (Å²) >= 11 is 1.44. The average molecular weight is 871 g/mol. The van der Waals surface area contributed by atoms with Crippen molar-refractivity contribution in [2.45, 2.75) is 76.5 Å². The van der Waals surface area contributed by atoms with Crippen molar-refractivity contribution in [2.24, 2.45) is 11.8 Å². The standard InChI is InChI=1S/C44H51FN8O6S2/c1-2-26-61(58,59)50-35-5-3-4-34(38(35)45)39-40(36-12-19-46-27-47-36)60-42(49-39)29-13-22-52(23-14-29)44(57)31-17-24-53(25-18-31)43(56)30-15-20-51(21-16-30)32-8-6-28(7-9-32)33-10-11-37(54)48-41(33)55/h3-9,12,19,27,29-31,33,50H,2,10-11,13-18,20-26H2,1H3,(H,48,54,55)/t33-/m1/s1. The molecule has 4 aromatic rings. The number of rotatable bonds is 11. The van der Waals surface area contributed by atoms with Gasteiger partial charge < -0.3 is 14.7 Å². The van der Waals surface area contributed by atoms with E-state index in [1.807, 2.05) is 34.1 Å². The van der Waals surface area contributed by atoms with Crippen molar-refractivity contribution in [3.05, 3.63) is 77.4 Å². The zero-order valence-electron chi connectivity index (χ0n) is 34.2. The summed E-state index contributed by atoms with van der Waals surface area (Å²) in [6.07, 6.45) is 8.48. The van der Waals surface area contributed by atoms with Crippen molar-refractivity contribution in [1.29, 1.82) is 0 Å². The summed E-state index contributed by atoms with van der Waals surface area (Å²) < 4.78 is 43.4. The predicted octanol–water partition coefficient (Wildman–Crippen LogP) is 5.94. The van der Waals surface area contributed by atoms with Crippen LogP contribution in [0.25, 0.3) is 21.8 Å². The third-order valence-corrected chi connectivity index (χ3v) is 15.2. The van der Waals surface area contributed by atoms with Crippen LogP contribution < -0.4 is 14.9 Å². The van der Waals surface area contributed by atoms with Gasteiger partial charge in [0.25, 0.3) is 0 Å². The quantitative estimate of drug-likeness (QED) is 0.172. The highest BCUT2D eigenvalue weighted by Crippen LogP contribution is 2.43. The highest BCUT2D eigenvalue weighted by molar-refractivity contribution is 7.92. The lowest BCUT2D eigenvalue weighted by Crippen LogP contribution is -2.48. The number of sulfonamides is 1. The molecule has 2 aromatic heterocycles.